The Morgan fingerprint density at radius 2 is 2.29 bits per heavy atom. The van der Waals surface area contributed by atoms with Crippen LogP contribution in [0.25, 0.3) is 0 Å². The molecule has 2 unspecified atom stereocenters. The molecule has 2 N–H and O–H groups in total. The minimum atomic E-state index is -0.0162. The number of hydrogen-bond donors (Lipinski definition) is 2. The third kappa shape index (κ3) is 4.39. The first-order valence-electron chi connectivity index (χ1n) is 6.35. The Kier molecular flexibility index (Phi) is 6.73. The van der Waals surface area contributed by atoms with E-state index in [1.807, 2.05) is 11.8 Å². The van der Waals surface area contributed by atoms with Crippen LogP contribution in [0.3, 0.4) is 0 Å². The van der Waals surface area contributed by atoms with Crippen molar-refractivity contribution in [1.82, 2.24) is 10.2 Å². The lowest BCUT2D eigenvalue weighted by Crippen LogP contribution is -2.45. The molecule has 1 saturated heterocycles. The van der Waals surface area contributed by atoms with E-state index >= 15 is 0 Å². The minimum Gasteiger partial charge on any atom is -0.394 e. The van der Waals surface area contributed by atoms with Gasteiger partial charge in [0.15, 0.2) is 0 Å². The van der Waals surface area contributed by atoms with Crippen molar-refractivity contribution in [3.63, 3.8) is 0 Å². The number of hydrogen-bond acceptors (Lipinski definition) is 3. The standard InChI is InChI=1S/C12H24N2O2S/c1-10-5-7-14(11(10)9-15)12(16)13-6-3-4-8-17-2/h10-11,15H,3-9H2,1-2H3,(H,13,16). The van der Waals surface area contributed by atoms with E-state index in [0.29, 0.717) is 5.92 Å². The second-order valence-electron chi connectivity index (χ2n) is 4.64. The van der Waals surface area contributed by atoms with Crippen LogP contribution in [0.1, 0.15) is 26.2 Å². The summed E-state index contributed by atoms with van der Waals surface area (Å²) in [7, 11) is 0. The lowest BCUT2D eigenvalue weighted by atomic mass is 10.0. The summed E-state index contributed by atoms with van der Waals surface area (Å²) in [6.45, 7) is 3.67. The highest BCUT2D eigenvalue weighted by atomic mass is 32.2. The van der Waals surface area contributed by atoms with Gasteiger partial charge < -0.3 is 15.3 Å². The number of urea groups is 1. The molecule has 1 aliphatic rings. The third-order valence-electron chi connectivity index (χ3n) is 3.38. The molecular weight excluding hydrogens is 236 g/mol. The summed E-state index contributed by atoms with van der Waals surface area (Å²) in [5.74, 6) is 1.55. The number of aliphatic hydroxyl groups excluding tert-OH is 1. The van der Waals surface area contributed by atoms with E-state index in [1.54, 1.807) is 4.90 Å². The number of nitrogens with zero attached hydrogens (tertiary/aromatic N) is 1. The SMILES string of the molecule is CSCCCCNC(=O)N1CCC(C)C1CO. The number of nitrogens with one attached hydrogen (secondary N) is 1. The van der Waals surface area contributed by atoms with Gasteiger partial charge in [0.1, 0.15) is 0 Å². The molecule has 0 saturated carbocycles. The van der Waals surface area contributed by atoms with Gasteiger partial charge in [-0.3, -0.25) is 0 Å². The van der Waals surface area contributed by atoms with Crippen molar-refractivity contribution in [2.75, 3.05) is 31.7 Å². The van der Waals surface area contributed by atoms with Crippen LogP contribution in [-0.2, 0) is 0 Å². The Balaban J connectivity index is 2.23. The minimum absolute atomic E-state index is 0.00111. The number of thioether (sulfide) groups is 1. The van der Waals surface area contributed by atoms with Crippen molar-refractivity contribution in [3.8, 4) is 0 Å². The van der Waals surface area contributed by atoms with Gasteiger partial charge in [0, 0.05) is 13.1 Å². The van der Waals surface area contributed by atoms with E-state index in [4.69, 9.17) is 0 Å². The second kappa shape index (κ2) is 7.82. The number of rotatable bonds is 6. The third-order valence-corrected chi connectivity index (χ3v) is 4.08. The van der Waals surface area contributed by atoms with Crippen LogP contribution in [0, 0.1) is 5.92 Å². The highest BCUT2D eigenvalue weighted by Crippen LogP contribution is 2.23. The van der Waals surface area contributed by atoms with Gasteiger partial charge in [-0.05, 0) is 37.2 Å². The summed E-state index contributed by atoms with van der Waals surface area (Å²) in [6, 6.07) is -0.0150. The zero-order valence-corrected chi connectivity index (χ0v) is 11.6. The average Bonchev–Trinajstić information content (AvgIpc) is 2.70. The Morgan fingerprint density at radius 3 is 2.94 bits per heavy atom. The summed E-state index contributed by atoms with van der Waals surface area (Å²) in [4.78, 5) is 13.7. The average molecular weight is 260 g/mol. The maximum absolute atomic E-state index is 11.9. The number of likely N-dealkylation sites (tertiary alicyclic amines) is 1. The largest absolute Gasteiger partial charge is 0.394 e. The zero-order valence-electron chi connectivity index (χ0n) is 10.8. The lowest BCUT2D eigenvalue weighted by Gasteiger charge is -2.25. The molecular formula is C12H24N2O2S. The summed E-state index contributed by atoms with van der Waals surface area (Å²) in [5, 5.41) is 12.2. The van der Waals surface area contributed by atoms with E-state index < -0.39 is 0 Å². The molecule has 1 heterocycles. The molecule has 2 amide bonds. The normalized spacial score (nSPS) is 24.1. The fourth-order valence-electron chi connectivity index (χ4n) is 2.21. The van der Waals surface area contributed by atoms with E-state index in [-0.39, 0.29) is 18.7 Å². The van der Waals surface area contributed by atoms with Gasteiger partial charge in [-0.2, -0.15) is 11.8 Å². The predicted octanol–water partition coefficient (Wildman–Crippen LogP) is 1.54. The molecule has 2 atom stereocenters. The molecule has 5 heteroatoms. The van der Waals surface area contributed by atoms with Crippen molar-refractivity contribution < 1.29 is 9.90 Å². The number of carbonyl (C=O) groups excluding carboxylic acids is 1. The Bertz CT molecular complexity index is 239. The molecule has 0 aromatic heterocycles. The molecule has 0 bridgehead atoms. The first kappa shape index (κ1) is 14.6. The van der Waals surface area contributed by atoms with Crippen molar-refractivity contribution >= 4 is 17.8 Å². The van der Waals surface area contributed by atoms with E-state index in [1.165, 1.54) is 0 Å². The molecule has 1 rings (SSSR count). The second-order valence-corrected chi connectivity index (χ2v) is 5.63. The fraction of sp³-hybridized carbons (Fsp3) is 0.917. The van der Waals surface area contributed by atoms with Gasteiger partial charge in [0.05, 0.1) is 12.6 Å². The zero-order chi connectivity index (χ0) is 12.7. The molecule has 0 spiro atoms. The summed E-state index contributed by atoms with van der Waals surface area (Å²) in [6.07, 6.45) is 5.25. The van der Waals surface area contributed by atoms with Gasteiger partial charge >= 0.3 is 6.03 Å². The van der Waals surface area contributed by atoms with Crippen LogP contribution in [0.2, 0.25) is 0 Å². The summed E-state index contributed by atoms with van der Waals surface area (Å²) in [5.41, 5.74) is 0. The highest BCUT2D eigenvalue weighted by molar-refractivity contribution is 7.98. The molecule has 0 aliphatic carbocycles. The van der Waals surface area contributed by atoms with Gasteiger partial charge in [0.25, 0.3) is 0 Å². The van der Waals surface area contributed by atoms with Gasteiger partial charge in [-0.1, -0.05) is 6.92 Å². The molecule has 0 aromatic rings. The predicted molar refractivity (Wildman–Crippen MR) is 72.4 cm³/mol. The van der Waals surface area contributed by atoms with Gasteiger partial charge in [-0.15, -0.1) is 0 Å². The smallest absolute Gasteiger partial charge is 0.317 e. The van der Waals surface area contributed by atoms with Crippen molar-refractivity contribution in [1.29, 1.82) is 0 Å². The molecule has 0 aromatic carbocycles. The molecule has 1 fully saturated rings. The number of carbonyl (C=O) groups is 1. The number of unbranched alkanes of at least 4 members (excludes halogenated alkanes) is 1. The van der Waals surface area contributed by atoms with Crippen LogP contribution in [0.4, 0.5) is 4.79 Å². The van der Waals surface area contributed by atoms with Crippen LogP contribution in [0.15, 0.2) is 0 Å². The molecule has 4 nitrogen and oxygen atoms in total. The molecule has 17 heavy (non-hydrogen) atoms. The van der Waals surface area contributed by atoms with E-state index in [9.17, 15) is 9.90 Å². The first-order chi connectivity index (χ1) is 8.20. The van der Waals surface area contributed by atoms with Gasteiger partial charge in [-0.25, -0.2) is 4.79 Å². The van der Waals surface area contributed by atoms with Crippen molar-refractivity contribution in [2.45, 2.75) is 32.2 Å². The first-order valence-corrected chi connectivity index (χ1v) is 7.74. The highest BCUT2D eigenvalue weighted by Gasteiger charge is 2.33. The fourth-order valence-corrected chi connectivity index (χ4v) is 2.70. The maximum atomic E-state index is 11.9. The summed E-state index contributed by atoms with van der Waals surface area (Å²) >= 11 is 1.83. The van der Waals surface area contributed by atoms with Crippen LogP contribution < -0.4 is 5.32 Å². The molecule has 1 aliphatic heterocycles. The monoisotopic (exact) mass is 260 g/mol. The number of amides is 2. The Morgan fingerprint density at radius 1 is 1.53 bits per heavy atom. The summed E-state index contributed by atoms with van der Waals surface area (Å²) < 4.78 is 0. The Hall–Kier alpha value is -0.420. The van der Waals surface area contributed by atoms with E-state index in [2.05, 4.69) is 18.5 Å². The maximum Gasteiger partial charge on any atom is 0.317 e. The van der Waals surface area contributed by atoms with Crippen molar-refractivity contribution in [3.05, 3.63) is 0 Å². The van der Waals surface area contributed by atoms with Crippen LogP contribution in [-0.4, -0.2) is 53.8 Å². The van der Waals surface area contributed by atoms with Crippen molar-refractivity contribution in [2.24, 2.45) is 5.92 Å². The van der Waals surface area contributed by atoms with Crippen LogP contribution in [0.5, 0.6) is 0 Å². The Labute approximate surface area is 108 Å². The quantitative estimate of drug-likeness (QED) is 0.712. The van der Waals surface area contributed by atoms with E-state index in [0.717, 1.165) is 38.1 Å². The topological polar surface area (TPSA) is 52.6 Å². The van der Waals surface area contributed by atoms with Crippen LogP contribution >= 0.6 is 11.8 Å². The number of aliphatic hydroxyl groups is 1. The lowest BCUT2D eigenvalue weighted by molar-refractivity contribution is 0.144. The molecule has 100 valence electrons. The molecule has 0 radical (unpaired) electrons. The van der Waals surface area contributed by atoms with Gasteiger partial charge in [0.2, 0.25) is 0 Å².